The molecule has 0 atom stereocenters. The number of benzene rings is 2. The van der Waals surface area contributed by atoms with E-state index in [1.54, 1.807) is 37.3 Å². The predicted octanol–water partition coefficient (Wildman–Crippen LogP) is -0.305. The van der Waals surface area contributed by atoms with Crippen molar-refractivity contribution in [1.82, 2.24) is 0 Å². The van der Waals surface area contributed by atoms with E-state index in [-0.39, 0.29) is 34.5 Å². The molecule has 0 spiro atoms. The van der Waals surface area contributed by atoms with Crippen molar-refractivity contribution < 1.29 is 47.3 Å². The Morgan fingerprint density at radius 3 is 2.26 bits per heavy atom. The second kappa shape index (κ2) is 6.54. The Hall–Kier alpha value is -0.850. The van der Waals surface area contributed by atoms with Gasteiger partial charge in [-0.2, -0.15) is 0 Å². The first-order valence-corrected chi connectivity index (χ1v) is 6.67. The van der Waals surface area contributed by atoms with Crippen molar-refractivity contribution in [2.45, 2.75) is 11.8 Å². The van der Waals surface area contributed by atoms with Crippen molar-refractivity contribution in [2.24, 2.45) is 0 Å². The molecule has 19 heavy (non-hydrogen) atoms. The van der Waals surface area contributed by atoms with Crippen molar-refractivity contribution in [1.29, 1.82) is 0 Å². The third-order valence-corrected chi connectivity index (χ3v) is 3.25. The first-order valence-electron chi connectivity index (χ1n) is 5.26. The van der Waals surface area contributed by atoms with Crippen LogP contribution in [0.5, 0.6) is 11.5 Å². The molecule has 6 heteroatoms. The normalized spacial score (nSPS) is 10.6. The fourth-order valence-corrected chi connectivity index (χ4v) is 1.95. The summed E-state index contributed by atoms with van der Waals surface area (Å²) in [6, 6.07) is 13.0. The molecule has 0 saturated carbocycles. The van der Waals surface area contributed by atoms with Crippen LogP contribution in [0.4, 0.5) is 0 Å². The van der Waals surface area contributed by atoms with Gasteiger partial charge in [0.1, 0.15) is 21.6 Å². The van der Waals surface area contributed by atoms with E-state index in [4.69, 9.17) is 4.74 Å². The van der Waals surface area contributed by atoms with Crippen LogP contribution >= 0.6 is 0 Å². The summed E-state index contributed by atoms with van der Waals surface area (Å²) in [5.74, 6) is 0.944. The third-order valence-electron chi connectivity index (χ3n) is 2.42. The smallest absolute Gasteiger partial charge is 0.744 e. The van der Waals surface area contributed by atoms with Crippen LogP contribution in [0.3, 0.4) is 0 Å². The largest absolute Gasteiger partial charge is 1.00 e. The first-order chi connectivity index (χ1) is 8.47. The van der Waals surface area contributed by atoms with E-state index < -0.39 is 10.1 Å². The minimum atomic E-state index is -4.46. The molecule has 0 unspecified atom stereocenters. The molecule has 0 aromatic heterocycles. The Labute approximate surface area is 134 Å². The van der Waals surface area contributed by atoms with Crippen LogP contribution in [0, 0.1) is 6.92 Å². The van der Waals surface area contributed by atoms with Gasteiger partial charge in [0.2, 0.25) is 0 Å². The Balaban J connectivity index is 0.00000180. The molecule has 0 aliphatic carbocycles. The van der Waals surface area contributed by atoms with Crippen LogP contribution < -0.4 is 34.3 Å². The zero-order valence-electron chi connectivity index (χ0n) is 10.7. The summed E-state index contributed by atoms with van der Waals surface area (Å²) < 4.78 is 38.4. The molecule has 4 nitrogen and oxygen atoms in total. The Morgan fingerprint density at radius 2 is 1.68 bits per heavy atom. The molecule has 0 heterocycles. The fraction of sp³-hybridized carbons (Fsp3) is 0.0769. The molecule has 2 rings (SSSR count). The molecule has 0 radical (unpaired) electrons. The molecule has 2 aromatic rings. The molecule has 0 N–H and O–H groups in total. The van der Waals surface area contributed by atoms with Gasteiger partial charge in [-0.05, 0) is 36.8 Å². The third kappa shape index (κ3) is 4.33. The maximum Gasteiger partial charge on any atom is 1.00 e. The van der Waals surface area contributed by atoms with E-state index in [1.807, 2.05) is 6.07 Å². The van der Waals surface area contributed by atoms with Gasteiger partial charge in [0, 0.05) is 0 Å². The topological polar surface area (TPSA) is 66.4 Å². The van der Waals surface area contributed by atoms with Gasteiger partial charge in [0.25, 0.3) is 0 Å². The van der Waals surface area contributed by atoms with Crippen LogP contribution in [-0.4, -0.2) is 13.0 Å². The maximum atomic E-state index is 10.9. The Bertz CT molecular complexity index is 654. The second-order valence-electron chi connectivity index (χ2n) is 3.80. The quantitative estimate of drug-likeness (QED) is 0.574. The SMILES string of the molecule is Cc1ccc(S(=O)(=O)[O-])cc1Oc1ccccc1.[Na+]. The predicted molar refractivity (Wildman–Crippen MR) is 65.7 cm³/mol. The van der Waals surface area contributed by atoms with Gasteiger partial charge < -0.3 is 9.29 Å². The summed E-state index contributed by atoms with van der Waals surface area (Å²) >= 11 is 0. The number of aryl methyl sites for hydroxylation is 1. The van der Waals surface area contributed by atoms with Gasteiger partial charge >= 0.3 is 29.6 Å². The molecular weight excluding hydrogens is 275 g/mol. The van der Waals surface area contributed by atoms with Crippen molar-refractivity contribution in [2.75, 3.05) is 0 Å². The number of ether oxygens (including phenoxy) is 1. The number of para-hydroxylation sites is 1. The summed E-state index contributed by atoms with van der Waals surface area (Å²) in [6.45, 7) is 1.78. The summed E-state index contributed by atoms with van der Waals surface area (Å²) in [7, 11) is -4.46. The van der Waals surface area contributed by atoms with E-state index in [9.17, 15) is 13.0 Å². The van der Waals surface area contributed by atoms with E-state index in [0.29, 0.717) is 11.5 Å². The van der Waals surface area contributed by atoms with E-state index in [1.165, 1.54) is 12.1 Å². The Kier molecular flexibility index (Phi) is 5.58. The zero-order chi connectivity index (χ0) is 13.2. The van der Waals surface area contributed by atoms with Crippen LogP contribution in [0.25, 0.3) is 0 Å². The molecule has 0 aliphatic heterocycles. The van der Waals surface area contributed by atoms with Crippen LogP contribution in [0.15, 0.2) is 53.4 Å². The average molecular weight is 286 g/mol. The van der Waals surface area contributed by atoms with Crippen LogP contribution in [0.1, 0.15) is 5.56 Å². The van der Waals surface area contributed by atoms with Crippen molar-refractivity contribution >= 4 is 10.1 Å². The summed E-state index contributed by atoms with van der Waals surface area (Å²) in [5, 5.41) is 0. The molecule has 94 valence electrons. The van der Waals surface area contributed by atoms with Crippen molar-refractivity contribution in [3.05, 3.63) is 54.1 Å². The fourth-order valence-electron chi connectivity index (χ4n) is 1.46. The Morgan fingerprint density at radius 1 is 1.05 bits per heavy atom. The number of rotatable bonds is 3. The summed E-state index contributed by atoms with van der Waals surface area (Å²) in [5.41, 5.74) is 0.756. The van der Waals surface area contributed by atoms with Crippen molar-refractivity contribution in [3.8, 4) is 11.5 Å². The first kappa shape index (κ1) is 16.2. The molecule has 0 aliphatic rings. The van der Waals surface area contributed by atoms with Gasteiger partial charge in [-0.1, -0.05) is 24.3 Å². The molecule has 0 bridgehead atoms. The summed E-state index contributed by atoms with van der Waals surface area (Å²) in [6.07, 6.45) is 0. The van der Waals surface area contributed by atoms with Gasteiger partial charge in [-0.3, -0.25) is 0 Å². The maximum absolute atomic E-state index is 10.9. The molecule has 0 saturated heterocycles. The molecule has 0 amide bonds. The standard InChI is InChI=1S/C13H12O4S.Na/c1-10-7-8-12(18(14,15)16)9-13(10)17-11-5-3-2-4-6-11;/h2-9H,1H3,(H,14,15,16);/q;+1/p-1. The van der Waals surface area contributed by atoms with Crippen molar-refractivity contribution in [3.63, 3.8) is 0 Å². The van der Waals surface area contributed by atoms with E-state index >= 15 is 0 Å². The van der Waals surface area contributed by atoms with Gasteiger partial charge in [-0.15, -0.1) is 0 Å². The number of hydrogen-bond acceptors (Lipinski definition) is 4. The van der Waals surface area contributed by atoms with Gasteiger partial charge in [0.15, 0.2) is 0 Å². The minimum absolute atomic E-state index is 0. The molecular formula is C13H11NaO4S. The summed E-state index contributed by atoms with van der Waals surface area (Å²) in [4.78, 5) is -0.293. The van der Waals surface area contributed by atoms with Crippen LogP contribution in [-0.2, 0) is 10.1 Å². The van der Waals surface area contributed by atoms with E-state index in [2.05, 4.69) is 0 Å². The molecule has 2 aromatic carbocycles. The molecule has 0 fully saturated rings. The zero-order valence-corrected chi connectivity index (χ0v) is 13.5. The second-order valence-corrected chi connectivity index (χ2v) is 5.18. The van der Waals surface area contributed by atoms with Gasteiger partial charge in [-0.25, -0.2) is 8.42 Å². The number of hydrogen-bond donors (Lipinski definition) is 0. The minimum Gasteiger partial charge on any atom is -0.744 e. The van der Waals surface area contributed by atoms with E-state index in [0.717, 1.165) is 5.56 Å². The average Bonchev–Trinajstić information content (AvgIpc) is 2.32. The van der Waals surface area contributed by atoms with Gasteiger partial charge in [0.05, 0.1) is 4.90 Å². The monoisotopic (exact) mass is 286 g/mol. The van der Waals surface area contributed by atoms with Crippen LogP contribution in [0.2, 0.25) is 0 Å².